The van der Waals surface area contributed by atoms with Gasteiger partial charge in [0.1, 0.15) is 0 Å². The molecule has 3 aromatic rings. The largest absolute Gasteiger partial charge is 0.269 e. The number of nitro benzene ring substituents is 1. The van der Waals surface area contributed by atoms with E-state index in [1.165, 1.54) is 28.3 Å². The molecule has 0 saturated heterocycles. The van der Waals surface area contributed by atoms with Crippen molar-refractivity contribution in [1.29, 1.82) is 0 Å². The summed E-state index contributed by atoms with van der Waals surface area (Å²) in [6.07, 6.45) is 0.732. The smallest absolute Gasteiger partial charge is 0.258 e. The van der Waals surface area contributed by atoms with Gasteiger partial charge in [0.2, 0.25) is 0 Å². The Bertz CT molecular complexity index is 906. The Morgan fingerprint density at radius 3 is 2.08 bits per heavy atom. The van der Waals surface area contributed by atoms with Crippen molar-refractivity contribution in [3.8, 4) is 11.1 Å². The van der Waals surface area contributed by atoms with Crippen molar-refractivity contribution in [3.63, 3.8) is 0 Å². The molecule has 0 heterocycles. The summed E-state index contributed by atoms with van der Waals surface area (Å²) in [5, 5.41) is 11.1. The fraction of sp³-hybridized carbons (Fsp3) is 0.100. The molecular formula is C20H14BrNO2. The van der Waals surface area contributed by atoms with E-state index in [1.807, 2.05) is 0 Å². The lowest BCUT2D eigenvalue weighted by molar-refractivity contribution is -0.384. The van der Waals surface area contributed by atoms with Gasteiger partial charge < -0.3 is 0 Å². The van der Waals surface area contributed by atoms with E-state index in [2.05, 4.69) is 64.5 Å². The number of halogens is 1. The quantitative estimate of drug-likeness (QED) is 0.431. The SMILES string of the molecule is O=[N+]([O-])c1ccc(Br)c(CC2c3ccccc3-c3ccccc32)c1. The van der Waals surface area contributed by atoms with Crippen molar-refractivity contribution < 1.29 is 4.92 Å². The van der Waals surface area contributed by atoms with Crippen LogP contribution in [0.25, 0.3) is 11.1 Å². The molecule has 0 amide bonds. The van der Waals surface area contributed by atoms with Crippen molar-refractivity contribution in [1.82, 2.24) is 0 Å². The van der Waals surface area contributed by atoms with Crippen molar-refractivity contribution in [3.05, 3.63) is 98.0 Å². The molecule has 0 unspecified atom stereocenters. The molecule has 4 rings (SSSR count). The van der Waals surface area contributed by atoms with Crippen LogP contribution in [0, 0.1) is 10.1 Å². The standard InChI is InChI=1S/C20H14BrNO2/c21-20-10-9-14(22(23)24)11-13(20)12-19-17-7-3-1-5-15(17)16-6-2-4-8-18(16)19/h1-11,19H,12H2. The van der Waals surface area contributed by atoms with Crippen molar-refractivity contribution in [2.24, 2.45) is 0 Å². The molecule has 118 valence electrons. The molecule has 0 spiro atoms. The average molecular weight is 380 g/mol. The van der Waals surface area contributed by atoms with Crippen LogP contribution >= 0.6 is 15.9 Å². The summed E-state index contributed by atoms with van der Waals surface area (Å²) in [6.45, 7) is 0. The topological polar surface area (TPSA) is 43.1 Å². The van der Waals surface area contributed by atoms with E-state index < -0.39 is 0 Å². The van der Waals surface area contributed by atoms with E-state index in [1.54, 1.807) is 12.1 Å². The van der Waals surface area contributed by atoms with Gasteiger partial charge in [0.05, 0.1) is 4.92 Å². The molecule has 0 aromatic heterocycles. The highest BCUT2D eigenvalue weighted by Crippen LogP contribution is 2.46. The van der Waals surface area contributed by atoms with Crippen LogP contribution in [0.5, 0.6) is 0 Å². The first-order valence-electron chi connectivity index (χ1n) is 7.76. The zero-order valence-corrected chi connectivity index (χ0v) is 14.4. The third kappa shape index (κ3) is 2.43. The molecule has 0 fully saturated rings. The van der Waals surface area contributed by atoms with Gasteiger partial charge in [-0.25, -0.2) is 0 Å². The Balaban J connectivity index is 1.81. The lowest BCUT2D eigenvalue weighted by Gasteiger charge is -2.15. The molecule has 0 radical (unpaired) electrons. The molecule has 1 aliphatic rings. The lowest BCUT2D eigenvalue weighted by Crippen LogP contribution is -2.02. The summed E-state index contributed by atoms with van der Waals surface area (Å²) in [5.41, 5.74) is 6.20. The van der Waals surface area contributed by atoms with E-state index >= 15 is 0 Å². The fourth-order valence-corrected chi connectivity index (χ4v) is 3.94. The van der Waals surface area contributed by atoms with Crippen LogP contribution in [0.4, 0.5) is 5.69 Å². The minimum absolute atomic E-state index is 0.132. The first-order chi connectivity index (χ1) is 11.6. The summed E-state index contributed by atoms with van der Waals surface area (Å²) < 4.78 is 0.912. The van der Waals surface area contributed by atoms with Gasteiger partial charge in [0.25, 0.3) is 5.69 Å². The zero-order chi connectivity index (χ0) is 16.7. The Hall–Kier alpha value is -2.46. The normalized spacial score (nSPS) is 12.7. The maximum Gasteiger partial charge on any atom is 0.269 e. The number of fused-ring (bicyclic) bond motifs is 3. The first kappa shape index (κ1) is 15.1. The Labute approximate surface area is 148 Å². The summed E-state index contributed by atoms with van der Waals surface area (Å²) >= 11 is 3.54. The predicted octanol–water partition coefficient (Wildman–Crippen LogP) is 5.71. The van der Waals surface area contributed by atoms with E-state index in [4.69, 9.17) is 0 Å². The van der Waals surface area contributed by atoms with Gasteiger partial charge >= 0.3 is 0 Å². The molecule has 0 atom stereocenters. The van der Waals surface area contributed by atoms with Crippen molar-refractivity contribution in [2.45, 2.75) is 12.3 Å². The molecule has 0 bridgehead atoms. The number of hydrogen-bond donors (Lipinski definition) is 0. The average Bonchev–Trinajstić information content (AvgIpc) is 2.91. The van der Waals surface area contributed by atoms with Gasteiger partial charge in [-0.15, -0.1) is 0 Å². The van der Waals surface area contributed by atoms with Crippen LogP contribution in [0.3, 0.4) is 0 Å². The third-order valence-corrected chi connectivity index (χ3v) is 5.40. The highest BCUT2D eigenvalue weighted by molar-refractivity contribution is 9.10. The lowest BCUT2D eigenvalue weighted by atomic mass is 9.90. The van der Waals surface area contributed by atoms with Gasteiger partial charge in [0, 0.05) is 22.5 Å². The molecular weight excluding hydrogens is 366 g/mol. The molecule has 4 heteroatoms. The minimum Gasteiger partial charge on any atom is -0.258 e. The highest BCUT2D eigenvalue weighted by atomic mass is 79.9. The van der Waals surface area contributed by atoms with Crippen LogP contribution < -0.4 is 0 Å². The van der Waals surface area contributed by atoms with E-state index in [0.29, 0.717) is 0 Å². The predicted molar refractivity (Wildman–Crippen MR) is 98.2 cm³/mol. The number of nitro groups is 1. The van der Waals surface area contributed by atoms with Crippen LogP contribution in [0.1, 0.15) is 22.6 Å². The van der Waals surface area contributed by atoms with Gasteiger partial charge in [-0.3, -0.25) is 10.1 Å². The van der Waals surface area contributed by atoms with Crippen molar-refractivity contribution >= 4 is 21.6 Å². The summed E-state index contributed by atoms with van der Waals surface area (Å²) in [6, 6.07) is 21.8. The van der Waals surface area contributed by atoms with Crippen LogP contribution in [-0.4, -0.2) is 4.92 Å². The molecule has 24 heavy (non-hydrogen) atoms. The molecule has 3 nitrogen and oxygen atoms in total. The first-order valence-corrected chi connectivity index (χ1v) is 8.55. The Morgan fingerprint density at radius 1 is 0.917 bits per heavy atom. The minimum atomic E-state index is -0.341. The maximum atomic E-state index is 11.1. The summed E-state index contributed by atoms with van der Waals surface area (Å²) in [7, 11) is 0. The van der Waals surface area contributed by atoms with Gasteiger partial charge in [-0.05, 0) is 40.3 Å². The monoisotopic (exact) mass is 379 g/mol. The second-order valence-electron chi connectivity index (χ2n) is 5.96. The molecule has 1 aliphatic carbocycles. The highest BCUT2D eigenvalue weighted by Gasteiger charge is 2.28. The van der Waals surface area contributed by atoms with E-state index in [0.717, 1.165) is 16.5 Å². The molecule has 3 aromatic carbocycles. The van der Waals surface area contributed by atoms with Crippen molar-refractivity contribution in [2.75, 3.05) is 0 Å². The van der Waals surface area contributed by atoms with Crippen LogP contribution in [0.2, 0.25) is 0 Å². The van der Waals surface area contributed by atoms with Crippen LogP contribution in [0.15, 0.2) is 71.2 Å². The number of rotatable bonds is 3. The second-order valence-corrected chi connectivity index (χ2v) is 6.82. The zero-order valence-electron chi connectivity index (χ0n) is 12.8. The van der Waals surface area contributed by atoms with Gasteiger partial charge in [-0.2, -0.15) is 0 Å². The third-order valence-electron chi connectivity index (χ3n) is 4.63. The van der Waals surface area contributed by atoms with Gasteiger partial charge in [0.15, 0.2) is 0 Å². The number of hydrogen-bond acceptors (Lipinski definition) is 2. The second kappa shape index (κ2) is 5.87. The Kier molecular flexibility index (Phi) is 3.69. The summed E-state index contributed by atoms with van der Waals surface area (Å²) in [5.74, 6) is 0.218. The van der Waals surface area contributed by atoms with E-state index in [9.17, 15) is 10.1 Å². The number of non-ortho nitro benzene ring substituents is 1. The number of benzene rings is 3. The molecule has 0 aliphatic heterocycles. The maximum absolute atomic E-state index is 11.1. The Morgan fingerprint density at radius 2 is 1.50 bits per heavy atom. The number of nitrogens with zero attached hydrogens (tertiary/aromatic N) is 1. The molecule has 0 N–H and O–H groups in total. The van der Waals surface area contributed by atoms with Gasteiger partial charge in [-0.1, -0.05) is 64.5 Å². The summed E-state index contributed by atoms with van der Waals surface area (Å²) in [4.78, 5) is 10.7. The fourth-order valence-electron chi connectivity index (χ4n) is 3.53. The van der Waals surface area contributed by atoms with E-state index in [-0.39, 0.29) is 16.5 Å². The van der Waals surface area contributed by atoms with Crippen LogP contribution in [-0.2, 0) is 6.42 Å². The molecule has 0 saturated carbocycles.